The number of carbonyl (C=O) groups is 2. The maximum atomic E-state index is 12.3. The molecule has 0 unspecified atom stereocenters. The van der Waals surface area contributed by atoms with E-state index in [1.807, 2.05) is 0 Å². The Morgan fingerprint density at radius 3 is 2.86 bits per heavy atom. The van der Waals surface area contributed by atoms with Crippen molar-refractivity contribution in [2.24, 2.45) is 13.0 Å². The van der Waals surface area contributed by atoms with Gasteiger partial charge in [0.2, 0.25) is 5.91 Å². The average molecular weight is 330 g/mol. The van der Waals surface area contributed by atoms with Crippen LogP contribution >= 0.6 is 12.4 Å². The van der Waals surface area contributed by atoms with E-state index in [2.05, 4.69) is 17.6 Å². The van der Waals surface area contributed by atoms with Gasteiger partial charge in [0.1, 0.15) is 5.69 Å². The number of amides is 1. The van der Waals surface area contributed by atoms with Crippen molar-refractivity contribution in [3.63, 3.8) is 0 Å². The molecule has 1 amide bonds. The van der Waals surface area contributed by atoms with Crippen molar-refractivity contribution >= 4 is 30.0 Å². The molecule has 0 aromatic carbocycles. The molecule has 2 heterocycles. The van der Waals surface area contributed by atoms with Crippen molar-refractivity contribution in [2.45, 2.75) is 32.7 Å². The summed E-state index contributed by atoms with van der Waals surface area (Å²) in [6, 6.07) is 2.01. The fourth-order valence-corrected chi connectivity index (χ4v) is 2.66. The Morgan fingerprint density at radius 2 is 2.23 bits per heavy atom. The summed E-state index contributed by atoms with van der Waals surface area (Å²) in [5.41, 5.74) is 1.07. The van der Waals surface area contributed by atoms with E-state index in [0.717, 1.165) is 19.4 Å². The highest BCUT2D eigenvalue weighted by Gasteiger charge is 2.25. The van der Waals surface area contributed by atoms with E-state index >= 15 is 0 Å². The third kappa shape index (κ3) is 4.48. The monoisotopic (exact) mass is 329 g/mol. The van der Waals surface area contributed by atoms with Crippen molar-refractivity contribution in [2.75, 3.05) is 18.5 Å². The van der Waals surface area contributed by atoms with E-state index < -0.39 is 0 Å². The number of ether oxygens (including phenoxy) is 1. The smallest absolute Gasteiger partial charge is 0.355 e. The Kier molecular flexibility index (Phi) is 6.90. The predicted octanol–water partition coefficient (Wildman–Crippen LogP) is 1.95. The second-order valence-electron chi connectivity index (χ2n) is 5.51. The van der Waals surface area contributed by atoms with Crippen LogP contribution in [-0.2, 0) is 16.6 Å². The molecule has 2 atom stereocenters. The van der Waals surface area contributed by atoms with Gasteiger partial charge in [-0.2, -0.15) is 0 Å². The number of hydrogen-bond acceptors (Lipinski definition) is 4. The van der Waals surface area contributed by atoms with Crippen LogP contribution in [0.2, 0.25) is 0 Å². The van der Waals surface area contributed by atoms with Crippen molar-refractivity contribution in [3.8, 4) is 0 Å². The fraction of sp³-hybridized carbons (Fsp3) is 0.600. The molecule has 2 N–H and O–H groups in total. The molecule has 1 saturated heterocycles. The Hall–Kier alpha value is -1.53. The number of carbonyl (C=O) groups excluding carboxylic acids is 2. The molecule has 6 nitrogen and oxygen atoms in total. The summed E-state index contributed by atoms with van der Waals surface area (Å²) in [5, 5.41) is 6.22. The molecule has 1 fully saturated rings. The van der Waals surface area contributed by atoms with Crippen LogP contribution in [0.5, 0.6) is 0 Å². The molecule has 0 radical (unpaired) electrons. The van der Waals surface area contributed by atoms with E-state index in [9.17, 15) is 9.59 Å². The van der Waals surface area contributed by atoms with E-state index in [-0.39, 0.29) is 30.2 Å². The zero-order chi connectivity index (χ0) is 15.4. The first-order chi connectivity index (χ1) is 10.0. The number of nitrogens with one attached hydrogen (secondary N) is 2. The number of aryl methyl sites for hydroxylation is 1. The van der Waals surface area contributed by atoms with Crippen molar-refractivity contribution < 1.29 is 14.3 Å². The lowest BCUT2D eigenvalue weighted by Gasteiger charge is -2.26. The number of nitrogens with zero attached hydrogens (tertiary/aromatic N) is 1. The largest absolute Gasteiger partial charge is 0.461 e. The summed E-state index contributed by atoms with van der Waals surface area (Å²) in [6.07, 6.45) is 3.41. The number of halogens is 1. The minimum Gasteiger partial charge on any atom is -0.461 e. The molecule has 0 saturated carbocycles. The number of esters is 1. The topological polar surface area (TPSA) is 72.4 Å². The number of piperidine rings is 1. The molecule has 1 aliphatic heterocycles. The zero-order valence-electron chi connectivity index (χ0n) is 13.2. The van der Waals surface area contributed by atoms with Gasteiger partial charge >= 0.3 is 5.97 Å². The van der Waals surface area contributed by atoms with Gasteiger partial charge in [0.15, 0.2) is 0 Å². The molecular weight excluding hydrogens is 306 g/mol. The van der Waals surface area contributed by atoms with Gasteiger partial charge in [-0.3, -0.25) is 4.79 Å². The quantitative estimate of drug-likeness (QED) is 0.828. The van der Waals surface area contributed by atoms with Crippen LogP contribution in [0.3, 0.4) is 0 Å². The van der Waals surface area contributed by atoms with Gasteiger partial charge in [-0.25, -0.2) is 4.79 Å². The van der Waals surface area contributed by atoms with Crippen LogP contribution in [0, 0.1) is 5.92 Å². The highest BCUT2D eigenvalue weighted by molar-refractivity contribution is 5.95. The first kappa shape index (κ1) is 18.5. The van der Waals surface area contributed by atoms with E-state index in [0.29, 0.717) is 24.0 Å². The van der Waals surface area contributed by atoms with Crippen LogP contribution in [0.1, 0.15) is 37.2 Å². The number of anilines is 1. The van der Waals surface area contributed by atoms with Gasteiger partial charge < -0.3 is 19.9 Å². The van der Waals surface area contributed by atoms with Crippen LogP contribution < -0.4 is 10.6 Å². The summed E-state index contributed by atoms with van der Waals surface area (Å²) in [7, 11) is 1.76. The van der Waals surface area contributed by atoms with E-state index in [1.54, 1.807) is 30.8 Å². The first-order valence-electron chi connectivity index (χ1n) is 7.39. The minimum absolute atomic E-state index is 0. The Bertz CT molecular complexity index is 530. The van der Waals surface area contributed by atoms with Crippen molar-refractivity contribution in [3.05, 3.63) is 18.0 Å². The minimum atomic E-state index is -0.379. The highest BCUT2D eigenvalue weighted by Crippen LogP contribution is 2.20. The SMILES string of the molecule is CCOC(=O)c1cc(NC(=O)[C@H]2CCN[C@@H](C)C2)cn1C.Cl. The molecular formula is C15H24ClN3O3. The Labute approximate surface area is 137 Å². The van der Waals surface area contributed by atoms with Crippen LogP contribution in [0.15, 0.2) is 12.3 Å². The van der Waals surface area contributed by atoms with Crippen molar-refractivity contribution in [1.82, 2.24) is 9.88 Å². The van der Waals surface area contributed by atoms with Crippen LogP contribution in [0.4, 0.5) is 5.69 Å². The maximum Gasteiger partial charge on any atom is 0.355 e. The van der Waals surface area contributed by atoms with Gasteiger partial charge in [0.25, 0.3) is 0 Å². The highest BCUT2D eigenvalue weighted by atomic mass is 35.5. The summed E-state index contributed by atoms with van der Waals surface area (Å²) < 4.78 is 6.64. The van der Waals surface area contributed by atoms with Crippen LogP contribution in [0.25, 0.3) is 0 Å². The second-order valence-corrected chi connectivity index (χ2v) is 5.51. The molecule has 2 rings (SSSR count). The second kappa shape index (κ2) is 8.19. The average Bonchev–Trinajstić information content (AvgIpc) is 2.80. The Morgan fingerprint density at radius 1 is 1.50 bits per heavy atom. The van der Waals surface area contributed by atoms with Crippen LogP contribution in [-0.4, -0.2) is 35.6 Å². The zero-order valence-corrected chi connectivity index (χ0v) is 14.0. The van der Waals surface area contributed by atoms with Gasteiger partial charge in [-0.05, 0) is 39.3 Å². The lowest BCUT2D eigenvalue weighted by Crippen LogP contribution is -2.40. The summed E-state index contributed by atoms with van der Waals surface area (Å²) in [6.45, 7) is 5.05. The van der Waals surface area contributed by atoms with Crippen molar-refractivity contribution in [1.29, 1.82) is 0 Å². The number of hydrogen-bond donors (Lipinski definition) is 2. The number of aromatic nitrogens is 1. The third-order valence-electron chi connectivity index (χ3n) is 3.75. The first-order valence-corrected chi connectivity index (χ1v) is 7.39. The molecule has 0 bridgehead atoms. The molecule has 22 heavy (non-hydrogen) atoms. The van der Waals surface area contributed by atoms with E-state index in [1.165, 1.54) is 0 Å². The summed E-state index contributed by atoms with van der Waals surface area (Å²) in [4.78, 5) is 24.0. The van der Waals surface area contributed by atoms with Gasteiger partial charge in [-0.1, -0.05) is 0 Å². The maximum absolute atomic E-state index is 12.3. The molecule has 1 aliphatic rings. The lowest BCUT2D eigenvalue weighted by molar-refractivity contribution is -0.120. The molecule has 124 valence electrons. The molecule has 0 spiro atoms. The molecule has 1 aromatic rings. The van der Waals surface area contributed by atoms with Gasteiger partial charge in [0.05, 0.1) is 12.3 Å². The number of rotatable bonds is 4. The lowest BCUT2D eigenvalue weighted by atomic mass is 9.92. The van der Waals surface area contributed by atoms with Gasteiger partial charge in [0, 0.05) is 25.2 Å². The Balaban J connectivity index is 0.00000242. The molecule has 1 aromatic heterocycles. The fourth-order valence-electron chi connectivity index (χ4n) is 2.66. The molecule has 7 heteroatoms. The van der Waals surface area contributed by atoms with Gasteiger partial charge in [-0.15, -0.1) is 12.4 Å². The summed E-state index contributed by atoms with van der Waals surface area (Å²) in [5.74, 6) is -0.340. The van der Waals surface area contributed by atoms with E-state index in [4.69, 9.17) is 4.74 Å². The summed E-state index contributed by atoms with van der Waals surface area (Å²) >= 11 is 0. The molecule has 0 aliphatic carbocycles. The normalized spacial score (nSPS) is 20.9. The standard InChI is InChI=1S/C15H23N3O3.ClH/c1-4-21-15(20)13-8-12(9-18(13)3)17-14(19)11-5-6-16-10(2)7-11;/h8-11,16H,4-7H2,1-3H3,(H,17,19);1H/t10-,11-;/m0./s1. The predicted molar refractivity (Wildman–Crippen MR) is 87.4 cm³/mol. The third-order valence-corrected chi connectivity index (χ3v) is 3.75.